The minimum Gasteiger partial charge on any atom is -0.378 e. The fourth-order valence-electron chi connectivity index (χ4n) is 1.46. The fourth-order valence-corrected chi connectivity index (χ4v) is 1.54. The van der Waals surface area contributed by atoms with Crippen LogP contribution in [0, 0.1) is 0 Å². The zero-order chi connectivity index (χ0) is 10.2. The van der Waals surface area contributed by atoms with Crippen LogP contribution in [0.1, 0.15) is 0 Å². The summed E-state index contributed by atoms with van der Waals surface area (Å²) in [6.07, 6.45) is 0. The van der Waals surface area contributed by atoms with Crippen molar-refractivity contribution in [3.63, 3.8) is 0 Å². The van der Waals surface area contributed by atoms with Crippen molar-refractivity contribution in [3.8, 4) is 0 Å². The fraction of sp³-hybridized carbons (Fsp3) is 1.00. The second-order valence-corrected chi connectivity index (χ2v) is 3.85. The van der Waals surface area contributed by atoms with Gasteiger partial charge in [-0.15, -0.1) is 0 Å². The molecule has 0 aromatic heterocycles. The number of hydrogen-bond acceptors (Lipinski definition) is 5. The Balaban J connectivity index is 1.91. The molecular formula is C9H20N2O2S. The molecule has 1 aliphatic heterocycles. The molecule has 0 radical (unpaired) electrons. The van der Waals surface area contributed by atoms with Crippen molar-refractivity contribution < 1.29 is 8.92 Å². The molecule has 4 nitrogen and oxygen atoms in total. The van der Waals surface area contributed by atoms with E-state index in [1.807, 2.05) is 0 Å². The lowest BCUT2D eigenvalue weighted by atomic mass is 10.3. The summed E-state index contributed by atoms with van der Waals surface area (Å²) in [6.45, 7) is 7.66. The van der Waals surface area contributed by atoms with Gasteiger partial charge in [0.15, 0.2) is 0 Å². The monoisotopic (exact) mass is 220 g/mol. The molecule has 0 unspecified atom stereocenters. The van der Waals surface area contributed by atoms with Crippen molar-refractivity contribution in [1.82, 2.24) is 9.80 Å². The van der Waals surface area contributed by atoms with Crippen LogP contribution >= 0.6 is 12.9 Å². The van der Waals surface area contributed by atoms with Crippen LogP contribution in [0.2, 0.25) is 0 Å². The second-order valence-electron chi connectivity index (χ2n) is 3.59. The Kier molecular flexibility index (Phi) is 6.55. The first-order chi connectivity index (χ1) is 6.83. The first kappa shape index (κ1) is 12.3. The van der Waals surface area contributed by atoms with Crippen molar-refractivity contribution in [2.45, 2.75) is 0 Å². The Labute approximate surface area is 91.8 Å². The molecule has 0 spiro atoms. The van der Waals surface area contributed by atoms with Crippen LogP contribution in [-0.2, 0) is 8.92 Å². The third-order valence-electron chi connectivity index (χ3n) is 2.47. The van der Waals surface area contributed by atoms with E-state index in [4.69, 9.17) is 4.74 Å². The lowest BCUT2D eigenvalue weighted by Crippen LogP contribution is -2.45. The van der Waals surface area contributed by atoms with E-state index in [1.165, 1.54) is 13.1 Å². The second kappa shape index (κ2) is 7.48. The van der Waals surface area contributed by atoms with Gasteiger partial charge in [-0.05, 0) is 20.0 Å². The largest absolute Gasteiger partial charge is 0.378 e. The van der Waals surface area contributed by atoms with Crippen molar-refractivity contribution in [2.24, 2.45) is 0 Å². The van der Waals surface area contributed by atoms with Crippen molar-refractivity contribution in [1.29, 1.82) is 0 Å². The molecule has 84 valence electrons. The van der Waals surface area contributed by atoms with E-state index < -0.39 is 0 Å². The molecule has 5 heteroatoms. The van der Waals surface area contributed by atoms with E-state index in [9.17, 15) is 0 Å². The normalized spacial score (nSPS) is 20.1. The summed E-state index contributed by atoms with van der Waals surface area (Å²) >= 11 is 3.64. The van der Waals surface area contributed by atoms with Crippen molar-refractivity contribution in [2.75, 3.05) is 59.6 Å². The maximum absolute atomic E-state index is 5.37. The Morgan fingerprint density at radius 2 is 1.79 bits per heavy atom. The third kappa shape index (κ3) is 5.17. The predicted octanol–water partition coefficient (Wildman–Crippen LogP) is 0.112. The summed E-state index contributed by atoms with van der Waals surface area (Å²) in [7, 11) is 2.16. The zero-order valence-corrected chi connectivity index (χ0v) is 9.71. The van der Waals surface area contributed by atoms with Crippen LogP contribution in [0.25, 0.3) is 0 Å². The molecule has 14 heavy (non-hydrogen) atoms. The van der Waals surface area contributed by atoms with Gasteiger partial charge in [-0.25, -0.2) is 0 Å². The summed E-state index contributed by atoms with van der Waals surface area (Å²) < 4.78 is 9.97. The van der Waals surface area contributed by atoms with E-state index in [1.54, 1.807) is 0 Å². The maximum atomic E-state index is 5.37. The van der Waals surface area contributed by atoms with Gasteiger partial charge >= 0.3 is 0 Å². The van der Waals surface area contributed by atoms with Crippen LogP contribution in [0.4, 0.5) is 0 Å². The molecule has 1 heterocycles. The zero-order valence-electron chi connectivity index (χ0n) is 8.81. The van der Waals surface area contributed by atoms with Gasteiger partial charge in [0.25, 0.3) is 0 Å². The molecule has 0 aliphatic carbocycles. The smallest absolute Gasteiger partial charge is 0.0844 e. The minimum atomic E-state index is 0.561. The number of rotatable bonds is 6. The highest BCUT2D eigenvalue weighted by molar-refractivity contribution is 7.75. The number of piperazine rings is 1. The van der Waals surface area contributed by atoms with E-state index in [2.05, 4.69) is 33.9 Å². The molecule has 0 aromatic carbocycles. The molecule has 0 aromatic rings. The average molecular weight is 220 g/mol. The molecule has 1 fully saturated rings. The molecule has 0 saturated carbocycles. The van der Waals surface area contributed by atoms with Gasteiger partial charge in [0.2, 0.25) is 0 Å². The Morgan fingerprint density at radius 1 is 1.07 bits per heavy atom. The quantitative estimate of drug-likeness (QED) is 0.390. The van der Waals surface area contributed by atoms with Gasteiger partial charge in [-0.3, -0.25) is 4.90 Å². The highest BCUT2D eigenvalue weighted by atomic mass is 32.1. The summed E-state index contributed by atoms with van der Waals surface area (Å²) in [5, 5.41) is 0. The first-order valence-corrected chi connectivity index (χ1v) is 5.44. The standard InChI is InChI=1S/C9H20N2O2S/c1-10-2-4-11(5-3-10)6-7-12-8-9-13-14/h14H,2-9H2,1H3. The molecule has 0 atom stereocenters. The van der Waals surface area contributed by atoms with Gasteiger partial charge in [-0.2, -0.15) is 0 Å². The van der Waals surface area contributed by atoms with E-state index in [0.29, 0.717) is 13.2 Å². The molecule has 1 aliphatic rings. The van der Waals surface area contributed by atoms with Crippen LogP contribution in [0.15, 0.2) is 0 Å². The van der Waals surface area contributed by atoms with Crippen molar-refractivity contribution in [3.05, 3.63) is 0 Å². The molecule has 0 amide bonds. The lowest BCUT2D eigenvalue weighted by molar-refractivity contribution is 0.0695. The van der Waals surface area contributed by atoms with E-state index in [-0.39, 0.29) is 0 Å². The van der Waals surface area contributed by atoms with Crippen LogP contribution in [0.5, 0.6) is 0 Å². The number of hydrogen-bond donors (Lipinski definition) is 1. The van der Waals surface area contributed by atoms with Gasteiger partial charge < -0.3 is 13.8 Å². The van der Waals surface area contributed by atoms with Crippen molar-refractivity contribution >= 4 is 12.9 Å². The summed E-state index contributed by atoms with van der Waals surface area (Å²) in [5.74, 6) is 0. The molecular weight excluding hydrogens is 200 g/mol. The van der Waals surface area contributed by atoms with Crippen LogP contribution in [0.3, 0.4) is 0 Å². The van der Waals surface area contributed by atoms with Gasteiger partial charge in [-0.1, -0.05) is 0 Å². The predicted molar refractivity (Wildman–Crippen MR) is 59.7 cm³/mol. The van der Waals surface area contributed by atoms with Crippen LogP contribution < -0.4 is 0 Å². The molecule has 1 rings (SSSR count). The Bertz CT molecular complexity index is 141. The van der Waals surface area contributed by atoms with E-state index >= 15 is 0 Å². The van der Waals surface area contributed by atoms with Gasteiger partial charge in [0.05, 0.1) is 19.8 Å². The van der Waals surface area contributed by atoms with Gasteiger partial charge in [0.1, 0.15) is 0 Å². The number of ether oxygens (including phenoxy) is 1. The number of nitrogens with zero attached hydrogens (tertiary/aromatic N) is 2. The Hall–Kier alpha value is 0.190. The molecule has 1 saturated heterocycles. The molecule has 0 bridgehead atoms. The molecule has 0 N–H and O–H groups in total. The summed E-state index contributed by atoms with van der Waals surface area (Å²) in [4.78, 5) is 4.79. The highest BCUT2D eigenvalue weighted by Crippen LogP contribution is 1.98. The highest BCUT2D eigenvalue weighted by Gasteiger charge is 2.12. The maximum Gasteiger partial charge on any atom is 0.0844 e. The van der Waals surface area contributed by atoms with Crippen LogP contribution in [-0.4, -0.2) is 69.4 Å². The lowest BCUT2D eigenvalue weighted by Gasteiger charge is -2.32. The third-order valence-corrected chi connectivity index (χ3v) is 2.65. The number of likely N-dealkylation sites (N-methyl/N-ethyl adjacent to an activating group) is 1. The Morgan fingerprint density at radius 3 is 2.43 bits per heavy atom. The average Bonchev–Trinajstić information content (AvgIpc) is 2.21. The van der Waals surface area contributed by atoms with E-state index in [0.717, 1.165) is 26.2 Å². The first-order valence-electron chi connectivity index (χ1n) is 5.08. The summed E-state index contributed by atoms with van der Waals surface area (Å²) in [5.41, 5.74) is 0. The number of thiol groups is 1. The van der Waals surface area contributed by atoms with Gasteiger partial charge in [0, 0.05) is 32.7 Å². The topological polar surface area (TPSA) is 24.9 Å². The summed E-state index contributed by atoms with van der Waals surface area (Å²) in [6, 6.07) is 0. The minimum absolute atomic E-state index is 0.561. The SMILES string of the molecule is CN1CCN(CCOCCOS)CC1.